The Morgan fingerprint density at radius 3 is 1.69 bits per heavy atom. The third kappa shape index (κ3) is 2.54. The van der Waals surface area contributed by atoms with Crippen molar-refractivity contribution >= 4 is 35.3 Å². The van der Waals surface area contributed by atoms with Crippen molar-refractivity contribution in [2.24, 2.45) is 0 Å². The molecule has 0 radical (unpaired) electrons. The summed E-state index contributed by atoms with van der Waals surface area (Å²) < 4.78 is 1.07. The zero-order chi connectivity index (χ0) is 9.36. The molecule has 2 fully saturated rings. The molecule has 0 aromatic rings. The van der Waals surface area contributed by atoms with E-state index in [0.717, 1.165) is 0 Å². The van der Waals surface area contributed by atoms with Crippen LogP contribution in [-0.4, -0.2) is 19.7 Å². The van der Waals surface area contributed by atoms with E-state index < -0.39 is 0 Å². The maximum Gasteiger partial charge on any atom is 0.0597 e. The highest BCUT2D eigenvalue weighted by Gasteiger charge is 2.40. The van der Waals surface area contributed by atoms with Gasteiger partial charge in [-0.15, -0.1) is 35.3 Å². The number of thioether (sulfide) groups is 3. The summed E-state index contributed by atoms with van der Waals surface area (Å²) in [6.45, 7) is 4.89. The van der Waals surface area contributed by atoms with Gasteiger partial charge in [0.1, 0.15) is 0 Å². The summed E-state index contributed by atoms with van der Waals surface area (Å²) in [7, 11) is 0. The molecule has 2 aliphatic rings. The SMILES string of the molecule is CC1(SC2(C)CCCS2)CCCS1. The van der Waals surface area contributed by atoms with Crippen molar-refractivity contribution in [3.8, 4) is 0 Å². The van der Waals surface area contributed by atoms with E-state index in [0.29, 0.717) is 8.16 Å². The molecule has 0 N–H and O–H groups in total. The minimum absolute atomic E-state index is 0.534. The molecule has 0 amide bonds. The molecule has 0 spiro atoms. The first-order valence-corrected chi connectivity index (χ1v) is 7.89. The molecule has 76 valence electrons. The van der Waals surface area contributed by atoms with E-state index in [2.05, 4.69) is 49.1 Å². The molecular weight excluding hydrogens is 216 g/mol. The quantitative estimate of drug-likeness (QED) is 0.702. The van der Waals surface area contributed by atoms with E-state index in [-0.39, 0.29) is 0 Å². The van der Waals surface area contributed by atoms with Crippen LogP contribution in [0.1, 0.15) is 39.5 Å². The van der Waals surface area contributed by atoms with E-state index in [1.165, 1.54) is 37.2 Å². The Morgan fingerprint density at radius 2 is 1.38 bits per heavy atom. The van der Waals surface area contributed by atoms with Gasteiger partial charge < -0.3 is 0 Å². The summed E-state index contributed by atoms with van der Waals surface area (Å²) in [5.41, 5.74) is 0. The van der Waals surface area contributed by atoms with Gasteiger partial charge in [-0.05, 0) is 51.0 Å². The third-order valence-corrected chi connectivity index (χ3v) is 7.89. The first-order valence-electron chi connectivity index (χ1n) is 5.10. The second kappa shape index (κ2) is 3.90. The topological polar surface area (TPSA) is 0 Å². The van der Waals surface area contributed by atoms with Crippen molar-refractivity contribution in [3.05, 3.63) is 0 Å². The Balaban J connectivity index is 1.95. The maximum atomic E-state index is 2.44. The predicted octanol–water partition coefficient (Wildman–Crippen LogP) is 4.21. The highest BCUT2D eigenvalue weighted by Crippen LogP contribution is 2.58. The van der Waals surface area contributed by atoms with Crippen LogP contribution in [0.25, 0.3) is 0 Å². The molecular formula is C10H18S3. The number of rotatable bonds is 2. The lowest BCUT2D eigenvalue weighted by molar-refractivity contribution is 0.756. The fourth-order valence-electron chi connectivity index (χ4n) is 2.12. The number of hydrogen-bond donors (Lipinski definition) is 0. The van der Waals surface area contributed by atoms with Crippen LogP contribution in [-0.2, 0) is 0 Å². The Bertz CT molecular complexity index is 159. The fourth-order valence-corrected chi connectivity index (χ4v) is 7.78. The molecule has 2 rings (SSSR count). The molecule has 2 heterocycles. The Kier molecular flexibility index (Phi) is 3.17. The molecule has 0 saturated carbocycles. The highest BCUT2D eigenvalue weighted by molar-refractivity contribution is 8.26. The highest BCUT2D eigenvalue weighted by atomic mass is 32.2. The molecule has 2 aliphatic heterocycles. The van der Waals surface area contributed by atoms with Crippen LogP contribution in [0.5, 0.6) is 0 Å². The van der Waals surface area contributed by atoms with E-state index in [1.807, 2.05) is 0 Å². The van der Waals surface area contributed by atoms with Gasteiger partial charge in [-0.2, -0.15) is 0 Å². The molecule has 2 atom stereocenters. The maximum absolute atomic E-state index is 2.44. The van der Waals surface area contributed by atoms with Gasteiger partial charge in [0, 0.05) is 0 Å². The van der Waals surface area contributed by atoms with Crippen LogP contribution < -0.4 is 0 Å². The molecule has 0 aliphatic carbocycles. The van der Waals surface area contributed by atoms with E-state index in [9.17, 15) is 0 Å². The van der Waals surface area contributed by atoms with Crippen LogP contribution in [0.4, 0.5) is 0 Å². The Morgan fingerprint density at radius 1 is 0.923 bits per heavy atom. The van der Waals surface area contributed by atoms with Gasteiger partial charge >= 0.3 is 0 Å². The lowest BCUT2D eigenvalue weighted by Gasteiger charge is -2.32. The molecule has 2 saturated heterocycles. The second-order valence-electron chi connectivity index (χ2n) is 4.27. The van der Waals surface area contributed by atoms with Gasteiger partial charge in [0.25, 0.3) is 0 Å². The van der Waals surface area contributed by atoms with Gasteiger partial charge in [-0.3, -0.25) is 0 Å². The van der Waals surface area contributed by atoms with Crippen LogP contribution in [0.15, 0.2) is 0 Å². The minimum atomic E-state index is 0.534. The summed E-state index contributed by atoms with van der Waals surface area (Å²) in [4.78, 5) is 0. The van der Waals surface area contributed by atoms with Crippen molar-refractivity contribution in [1.82, 2.24) is 0 Å². The van der Waals surface area contributed by atoms with Crippen LogP contribution in [0.2, 0.25) is 0 Å². The fraction of sp³-hybridized carbons (Fsp3) is 1.00. The van der Waals surface area contributed by atoms with E-state index in [1.54, 1.807) is 0 Å². The first-order chi connectivity index (χ1) is 6.12. The average Bonchev–Trinajstić information content (AvgIpc) is 2.60. The van der Waals surface area contributed by atoms with Crippen molar-refractivity contribution in [2.45, 2.75) is 47.7 Å². The zero-order valence-corrected chi connectivity index (χ0v) is 10.9. The van der Waals surface area contributed by atoms with Gasteiger partial charge in [-0.1, -0.05) is 0 Å². The first kappa shape index (κ1) is 10.6. The lowest BCUT2D eigenvalue weighted by Crippen LogP contribution is -2.21. The Hall–Kier alpha value is 1.05. The van der Waals surface area contributed by atoms with Crippen molar-refractivity contribution in [2.75, 3.05) is 11.5 Å². The lowest BCUT2D eigenvalue weighted by atomic mass is 10.3. The molecule has 0 aromatic heterocycles. The summed E-state index contributed by atoms with van der Waals surface area (Å²) >= 11 is 6.60. The minimum Gasteiger partial charge on any atom is -0.144 e. The molecule has 2 unspecified atom stereocenters. The van der Waals surface area contributed by atoms with Gasteiger partial charge in [0.05, 0.1) is 8.16 Å². The monoisotopic (exact) mass is 234 g/mol. The van der Waals surface area contributed by atoms with Gasteiger partial charge in [-0.25, -0.2) is 0 Å². The standard InChI is InChI=1S/C10H18S3/c1-9(5-3-7-11-9)13-10(2)6-4-8-12-10/h3-8H2,1-2H3. The zero-order valence-electron chi connectivity index (χ0n) is 8.47. The molecule has 13 heavy (non-hydrogen) atoms. The van der Waals surface area contributed by atoms with Crippen LogP contribution >= 0.6 is 35.3 Å². The Labute approximate surface area is 94.4 Å². The van der Waals surface area contributed by atoms with Crippen molar-refractivity contribution in [1.29, 1.82) is 0 Å². The van der Waals surface area contributed by atoms with Gasteiger partial charge in [0.2, 0.25) is 0 Å². The summed E-state index contributed by atoms with van der Waals surface area (Å²) in [5.74, 6) is 2.76. The largest absolute Gasteiger partial charge is 0.144 e. The summed E-state index contributed by atoms with van der Waals surface area (Å²) in [6.07, 6.45) is 5.68. The van der Waals surface area contributed by atoms with E-state index in [4.69, 9.17) is 0 Å². The smallest absolute Gasteiger partial charge is 0.0597 e. The summed E-state index contributed by atoms with van der Waals surface area (Å²) in [5, 5.41) is 0. The van der Waals surface area contributed by atoms with E-state index >= 15 is 0 Å². The van der Waals surface area contributed by atoms with Gasteiger partial charge in [0.15, 0.2) is 0 Å². The number of hydrogen-bond acceptors (Lipinski definition) is 3. The molecule has 0 bridgehead atoms. The van der Waals surface area contributed by atoms with Crippen molar-refractivity contribution < 1.29 is 0 Å². The predicted molar refractivity (Wildman–Crippen MR) is 67.8 cm³/mol. The molecule has 0 nitrogen and oxygen atoms in total. The molecule has 0 aromatic carbocycles. The molecule has 3 heteroatoms. The average molecular weight is 234 g/mol. The van der Waals surface area contributed by atoms with Crippen molar-refractivity contribution in [3.63, 3.8) is 0 Å². The van der Waals surface area contributed by atoms with Crippen LogP contribution in [0.3, 0.4) is 0 Å². The third-order valence-electron chi connectivity index (χ3n) is 2.80. The normalized spacial score (nSPS) is 45.7. The van der Waals surface area contributed by atoms with Crippen LogP contribution in [0, 0.1) is 0 Å². The second-order valence-corrected chi connectivity index (χ2v) is 9.99. The summed E-state index contributed by atoms with van der Waals surface area (Å²) in [6, 6.07) is 0.